The van der Waals surface area contributed by atoms with Gasteiger partial charge < -0.3 is 5.32 Å². The number of hydrogen-bond acceptors (Lipinski definition) is 2. The van der Waals surface area contributed by atoms with E-state index in [2.05, 4.69) is 10.2 Å². The van der Waals surface area contributed by atoms with Crippen LogP contribution >= 0.6 is 11.6 Å². The first-order valence-corrected chi connectivity index (χ1v) is 9.24. The molecule has 1 aliphatic heterocycles. The summed E-state index contributed by atoms with van der Waals surface area (Å²) in [5.41, 5.74) is 0.133. The number of carbonyl (C=O) groups excluding carboxylic acids is 1. The number of hydrogen-bond donors (Lipinski definition) is 1. The highest BCUT2D eigenvalue weighted by Gasteiger charge is 2.30. The summed E-state index contributed by atoms with van der Waals surface area (Å²) in [6, 6.07) is 8.96. The van der Waals surface area contributed by atoms with E-state index in [9.17, 15) is 22.4 Å². The summed E-state index contributed by atoms with van der Waals surface area (Å²) in [5, 5.41) is 3.02. The molecule has 1 saturated heterocycles. The predicted octanol–water partition coefficient (Wildman–Crippen LogP) is 5.35. The largest absolute Gasteiger partial charge is 0.416 e. The molecule has 2 aromatic rings. The standard InChI is InChI=1S/C20H19ClF4N2O/c21-16-4-1-14(18(22)11-16)12-27-9-7-13(8-10-27)19(28)26-17-5-2-15(3-6-17)20(23,24)25/h1-6,11,13H,7-10,12H2,(H,26,28). The monoisotopic (exact) mass is 414 g/mol. The van der Waals surface area contributed by atoms with Crippen molar-refractivity contribution in [1.82, 2.24) is 4.90 Å². The number of halogens is 5. The van der Waals surface area contributed by atoms with Crippen molar-refractivity contribution >= 4 is 23.2 Å². The highest BCUT2D eigenvalue weighted by atomic mass is 35.5. The van der Waals surface area contributed by atoms with Crippen molar-refractivity contribution in [3.63, 3.8) is 0 Å². The van der Waals surface area contributed by atoms with Gasteiger partial charge in [0.2, 0.25) is 5.91 Å². The Kier molecular flexibility index (Phi) is 6.25. The maximum absolute atomic E-state index is 13.9. The van der Waals surface area contributed by atoms with Crippen LogP contribution in [0, 0.1) is 11.7 Å². The average Bonchev–Trinajstić information content (AvgIpc) is 2.64. The predicted molar refractivity (Wildman–Crippen MR) is 99.5 cm³/mol. The lowest BCUT2D eigenvalue weighted by atomic mass is 9.95. The van der Waals surface area contributed by atoms with Crippen LogP contribution in [0.3, 0.4) is 0 Å². The fourth-order valence-corrected chi connectivity index (χ4v) is 3.39. The zero-order valence-electron chi connectivity index (χ0n) is 14.9. The fraction of sp³-hybridized carbons (Fsp3) is 0.350. The smallest absolute Gasteiger partial charge is 0.326 e. The molecule has 28 heavy (non-hydrogen) atoms. The Balaban J connectivity index is 1.51. The first kappa shape index (κ1) is 20.6. The molecule has 1 fully saturated rings. The number of rotatable bonds is 4. The lowest BCUT2D eigenvalue weighted by molar-refractivity contribution is -0.137. The number of amides is 1. The molecule has 3 nitrogen and oxygen atoms in total. The Morgan fingerprint density at radius 3 is 2.32 bits per heavy atom. The molecule has 3 rings (SSSR count). The van der Waals surface area contributed by atoms with Gasteiger partial charge in [-0.2, -0.15) is 13.2 Å². The molecule has 0 aromatic heterocycles. The minimum atomic E-state index is -4.40. The van der Waals surface area contributed by atoms with E-state index in [1.807, 2.05) is 0 Å². The summed E-state index contributed by atoms with van der Waals surface area (Å²) < 4.78 is 51.7. The Bertz CT molecular complexity index is 831. The summed E-state index contributed by atoms with van der Waals surface area (Å²) in [7, 11) is 0. The van der Waals surface area contributed by atoms with Crippen LogP contribution in [0.15, 0.2) is 42.5 Å². The second-order valence-corrected chi connectivity index (χ2v) is 7.29. The number of nitrogens with one attached hydrogen (secondary N) is 1. The maximum atomic E-state index is 13.9. The molecule has 0 aliphatic carbocycles. The molecule has 0 saturated carbocycles. The number of benzene rings is 2. The van der Waals surface area contributed by atoms with E-state index < -0.39 is 11.7 Å². The van der Waals surface area contributed by atoms with E-state index in [0.717, 1.165) is 12.1 Å². The minimum Gasteiger partial charge on any atom is -0.326 e. The third-order valence-electron chi connectivity index (χ3n) is 4.85. The molecule has 0 atom stereocenters. The van der Waals surface area contributed by atoms with Crippen LogP contribution in [-0.2, 0) is 17.5 Å². The summed E-state index contributed by atoms with van der Waals surface area (Å²) in [4.78, 5) is 14.4. The van der Waals surface area contributed by atoms with Crippen molar-refractivity contribution < 1.29 is 22.4 Å². The van der Waals surface area contributed by atoms with E-state index in [1.54, 1.807) is 12.1 Å². The number of carbonyl (C=O) groups is 1. The zero-order valence-corrected chi connectivity index (χ0v) is 15.7. The van der Waals surface area contributed by atoms with Crippen LogP contribution in [0.1, 0.15) is 24.0 Å². The lowest BCUT2D eigenvalue weighted by Gasteiger charge is -2.31. The molecule has 0 radical (unpaired) electrons. The Morgan fingerprint density at radius 1 is 1.11 bits per heavy atom. The van der Waals surface area contributed by atoms with Gasteiger partial charge in [-0.3, -0.25) is 9.69 Å². The van der Waals surface area contributed by atoms with Gasteiger partial charge >= 0.3 is 6.18 Å². The molecule has 8 heteroatoms. The molecule has 2 aromatic carbocycles. The molecular weight excluding hydrogens is 396 g/mol. The van der Waals surface area contributed by atoms with Crippen molar-refractivity contribution in [2.24, 2.45) is 5.92 Å². The van der Waals surface area contributed by atoms with Gasteiger partial charge in [0.1, 0.15) is 5.82 Å². The van der Waals surface area contributed by atoms with Gasteiger partial charge in [0.05, 0.1) is 5.56 Å². The minimum absolute atomic E-state index is 0.211. The molecule has 1 aliphatic rings. The van der Waals surface area contributed by atoms with Crippen LogP contribution in [0.25, 0.3) is 0 Å². The van der Waals surface area contributed by atoms with Gasteiger partial charge in [-0.15, -0.1) is 0 Å². The molecule has 0 unspecified atom stereocenters. The molecule has 150 valence electrons. The van der Waals surface area contributed by atoms with E-state index in [-0.39, 0.29) is 17.6 Å². The number of nitrogens with zero attached hydrogens (tertiary/aromatic N) is 1. The molecule has 0 bridgehead atoms. The normalized spacial score (nSPS) is 16.2. The van der Waals surface area contributed by atoms with Gasteiger partial charge in [-0.05, 0) is 62.3 Å². The van der Waals surface area contributed by atoms with Crippen molar-refractivity contribution in [2.75, 3.05) is 18.4 Å². The highest BCUT2D eigenvalue weighted by molar-refractivity contribution is 6.30. The number of alkyl halides is 3. The average molecular weight is 415 g/mol. The summed E-state index contributed by atoms with van der Waals surface area (Å²) in [6.45, 7) is 1.70. The van der Waals surface area contributed by atoms with Crippen LogP contribution in [-0.4, -0.2) is 23.9 Å². The van der Waals surface area contributed by atoms with Crippen molar-refractivity contribution in [1.29, 1.82) is 0 Å². The second kappa shape index (κ2) is 8.49. The Labute approximate surface area is 165 Å². The number of piperidine rings is 1. The van der Waals surface area contributed by atoms with Crippen molar-refractivity contribution in [3.8, 4) is 0 Å². The van der Waals surface area contributed by atoms with Gasteiger partial charge in [0.15, 0.2) is 0 Å². The quantitative estimate of drug-likeness (QED) is 0.684. The van der Waals surface area contributed by atoms with E-state index in [0.29, 0.717) is 48.7 Å². The van der Waals surface area contributed by atoms with Crippen LogP contribution in [0.5, 0.6) is 0 Å². The van der Waals surface area contributed by atoms with Crippen molar-refractivity contribution in [2.45, 2.75) is 25.6 Å². The Hall–Kier alpha value is -2.12. The maximum Gasteiger partial charge on any atom is 0.416 e. The van der Waals surface area contributed by atoms with E-state index in [1.165, 1.54) is 18.2 Å². The SMILES string of the molecule is O=C(Nc1ccc(C(F)(F)F)cc1)C1CCN(Cc2ccc(Cl)cc2F)CC1. The van der Waals surface area contributed by atoms with Gasteiger partial charge in [-0.1, -0.05) is 17.7 Å². The number of anilines is 1. The van der Waals surface area contributed by atoms with Crippen LogP contribution < -0.4 is 5.32 Å². The summed E-state index contributed by atoms with van der Waals surface area (Å²) in [6.07, 6.45) is -3.21. The van der Waals surface area contributed by atoms with E-state index >= 15 is 0 Å². The van der Waals surface area contributed by atoms with Gasteiger partial charge in [0, 0.05) is 28.7 Å². The zero-order chi connectivity index (χ0) is 20.3. The molecule has 0 spiro atoms. The van der Waals surface area contributed by atoms with Crippen LogP contribution in [0.2, 0.25) is 5.02 Å². The molecule has 1 N–H and O–H groups in total. The van der Waals surface area contributed by atoms with Gasteiger partial charge in [-0.25, -0.2) is 4.39 Å². The third-order valence-corrected chi connectivity index (χ3v) is 5.08. The van der Waals surface area contributed by atoms with E-state index in [4.69, 9.17) is 11.6 Å². The van der Waals surface area contributed by atoms with Gasteiger partial charge in [0.25, 0.3) is 0 Å². The first-order chi connectivity index (χ1) is 13.2. The molecule has 1 heterocycles. The van der Waals surface area contributed by atoms with Crippen LogP contribution in [0.4, 0.5) is 23.2 Å². The fourth-order valence-electron chi connectivity index (χ4n) is 3.23. The second-order valence-electron chi connectivity index (χ2n) is 6.85. The summed E-state index contributed by atoms with van der Waals surface area (Å²) >= 11 is 5.76. The first-order valence-electron chi connectivity index (χ1n) is 8.87. The molecule has 1 amide bonds. The lowest BCUT2D eigenvalue weighted by Crippen LogP contribution is -2.37. The summed E-state index contributed by atoms with van der Waals surface area (Å²) in [5.74, 6) is -0.791. The highest BCUT2D eigenvalue weighted by Crippen LogP contribution is 2.30. The topological polar surface area (TPSA) is 32.3 Å². The molecular formula is C20H19ClF4N2O. The Morgan fingerprint density at radius 2 is 1.75 bits per heavy atom. The third kappa shape index (κ3) is 5.23. The van der Waals surface area contributed by atoms with Crippen molar-refractivity contribution in [3.05, 3.63) is 64.4 Å². The number of likely N-dealkylation sites (tertiary alicyclic amines) is 1.